The molecule has 0 amide bonds. The van der Waals surface area contributed by atoms with Gasteiger partial charge in [-0.05, 0) is 29.4 Å². The molecule has 0 radical (unpaired) electrons. The van der Waals surface area contributed by atoms with E-state index in [1.165, 1.54) is 30.4 Å². The maximum Gasteiger partial charge on any atom is -0.0106 e. The maximum atomic E-state index is 2.37. The minimum atomic E-state index is 0.323. The quantitative estimate of drug-likeness (QED) is 0.663. The van der Waals surface area contributed by atoms with Gasteiger partial charge in [-0.25, -0.2) is 0 Å². The number of benzene rings is 1. The van der Waals surface area contributed by atoms with Crippen molar-refractivity contribution >= 4 is 0 Å². The summed E-state index contributed by atoms with van der Waals surface area (Å²) in [4.78, 5) is 0. The Morgan fingerprint density at radius 2 is 1.86 bits per heavy atom. The van der Waals surface area contributed by atoms with Gasteiger partial charge in [-0.1, -0.05) is 58.4 Å². The molecule has 0 aromatic heterocycles. The molecule has 0 atom stereocenters. The van der Waals surface area contributed by atoms with Gasteiger partial charge in [0.05, 0.1) is 0 Å². The molecule has 78 valence electrons. The van der Waals surface area contributed by atoms with Crippen LogP contribution in [-0.4, -0.2) is 0 Å². The van der Waals surface area contributed by atoms with Crippen LogP contribution in [0.3, 0.4) is 0 Å². The summed E-state index contributed by atoms with van der Waals surface area (Å²) in [5.74, 6) is 0. The fourth-order valence-corrected chi connectivity index (χ4v) is 1.64. The Labute approximate surface area is 88.4 Å². The van der Waals surface area contributed by atoms with Crippen molar-refractivity contribution in [3.63, 3.8) is 0 Å². The Hall–Kier alpha value is -0.780. The summed E-state index contributed by atoms with van der Waals surface area (Å²) in [6, 6.07) is 9.05. The second kappa shape index (κ2) is 4.63. The smallest absolute Gasteiger partial charge is 0.0106 e. The standard InChI is InChI=1S/C14H22/c1-5-8-12-9-7-10-13(11-12)14(3,4)6-2/h7,9-11H,5-6,8H2,1-4H3. The van der Waals surface area contributed by atoms with E-state index in [2.05, 4.69) is 52.0 Å². The summed E-state index contributed by atoms with van der Waals surface area (Å²) >= 11 is 0. The second-order valence-electron chi connectivity index (χ2n) is 4.69. The van der Waals surface area contributed by atoms with Crippen LogP contribution in [0.1, 0.15) is 51.7 Å². The molecule has 0 bridgehead atoms. The average Bonchev–Trinajstić information content (AvgIpc) is 2.19. The molecule has 0 heteroatoms. The topological polar surface area (TPSA) is 0 Å². The third-order valence-electron chi connectivity index (χ3n) is 3.13. The van der Waals surface area contributed by atoms with Gasteiger partial charge in [0.1, 0.15) is 0 Å². The van der Waals surface area contributed by atoms with E-state index >= 15 is 0 Å². The van der Waals surface area contributed by atoms with Crippen LogP contribution in [0.2, 0.25) is 0 Å². The summed E-state index contributed by atoms with van der Waals surface area (Å²) in [5.41, 5.74) is 3.28. The first kappa shape index (κ1) is 11.3. The number of rotatable bonds is 4. The molecule has 0 saturated carbocycles. The van der Waals surface area contributed by atoms with Gasteiger partial charge in [0, 0.05) is 0 Å². The maximum absolute atomic E-state index is 2.37. The molecule has 0 unspecified atom stereocenters. The van der Waals surface area contributed by atoms with Crippen LogP contribution in [0, 0.1) is 0 Å². The van der Waals surface area contributed by atoms with Crippen molar-refractivity contribution in [3.8, 4) is 0 Å². The highest BCUT2D eigenvalue weighted by Crippen LogP contribution is 2.27. The van der Waals surface area contributed by atoms with Crippen molar-refractivity contribution in [2.45, 2.75) is 52.4 Å². The van der Waals surface area contributed by atoms with Crippen LogP contribution in [-0.2, 0) is 11.8 Å². The van der Waals surface area contributed by atoms with E-state index in [1.54, 1.807) is 0 Å². The normalized spacial score (nSPS) is 11.7. The summed E-state index contributed by atoms with van der Waals surface area (Å²) in [6.07, 6.45) is 3.63. The van der Waals surface area contributed by atoms with Crippen LogP contribution in [0.5, 0.6) is 0 Å². The zero-order valence-electron chi connectivity index (χ0n) is 9.93. The van der Waals surface area contributed by atoms with Crippen LogP contribution in [0.15, 0.2) is 24.3 Å². The summed E-state index contributed by atoms with van der Waals surface area (Å²) in [6.45, 7) is 9.13. The van der Waals surface area contributed by atoms with Crippen molar-refractivity contribution in [2.75, 3.05) is 0 Å². The number of hydrogen-bond acceptors (Lipinski definition) is 0. The number of hydrogen-bond donors (Lipinski definition) is 0. The Morgan fingerprint density at radius 3 is 2.43 bits per heavy atom. The molecule has 0 N–H and O–H groups in total. The molecule has 0 aliphatic carbocycles. The van der Waals surface area contributed by atoms with Crippen molar-refractivity contribution in [3.05, 3.63) is 35.4 Å². The van der Waals surface area contributed by atoms with Gasteiger partial charge in [-0.3, -0.25) is 0 Å². The molecule has 1 rings (SSSR count). The van der Waals surface area contributed by atoms with E-state index in [0.717, 1.165) is 0 Å². The summed E-state index contributed by atoms with van der Waals surface area (Å²) in [5, 5.41) is 0. The Bertz CT molecular complexity index is 284. The van der Waals surface area contributed by atoms with Crippen LogP contribution < -0.4 is 0 Å². The van der Waals surface area contributed by atoms with Crippen LogP contribution in [0.25, 0.3) is 0 Å². The number of aryl methyl sites for hydroxylation is 1. The first-order chi connectivity index (χ1) is 6.60. The lowest BCUT2D eigenvalue weighted by Gasteiger charge is -2.23. The van der Waals surface area contributed by atoms with E-state index in [-0.39, 0.29) is 0 Å². The molecule has 0 heterocycles. The van der Waals surface area contributed by atoms with Gasteiger partial charge in [0.2, 0.25) is 0 Å². The SMILES string of the molecule is CCCc1cccc(C(C)(C)CC)c1. The van der Waals surface area contributed by atoms with Gasteiger partial charge in [0.25, 0.3) is 0 Å². The molecule has 1 aromatic rings. The first-order valence-corrected chi connectivity index (χ1v) is 5.69. The molecular weight excluding hydrogens is 168 g/mol. The van der Waals surface area contributed by atoms with Crippen molar-refractivity contribution < 1.29 is 0 Å². The third-order valence-corrected chi connectivity index (χ3v) is 3.13. The monoisotopic (exact) mass is 190 g/mol. The minimum Gasteiger partial charge on any atom is -0.0651 e. The zero-order chi connectivity index (χ0) is 10.6. The predicted octanol–water partition coefficient (Wildman–Crippen LogP) is 4.33. The van der Waals surface area contributed by atoms with Gasteiger partial charge in [-0.15, -0.1) is 0 Å². The van der Waals surface area contributed by atoms with Crippen LogP contribution >= 0.6 is 0 Å². The Kier molecular flexibility index (Phi) is 3.74. The van der Waals surface area contributed by atoms with E-state index in [1.807, 2.05) is 0 Å². The molecular formula is C14H22. The zero-order valence-corrected chi connectivity index (χ0v) is 9.93. The Balaban J connectivity index is 2.93. The molecule has 0 aliphatic heterocycles. The molecule has 0 aliphatic rings. The van der Waals surface area contributed by atoms with E-state index < -0.39 is 0 Å². The fourth-order valence-electron chi connectivity index (χ4n) is 1.64. The highest BCUT2D eigenvalue weighted by Gasteiger charge is 2.17. The molecule has 0 spiro atoms. The second-order valence-corrected chi connectivity index (χ2v) is 4.69. The Morgan fingerprint density at radius 1 is 1.14 bits per heavy atom. The van der Waals surface area contributed by atoms with Crippen molar-refractivity contribution in [2.24, 2.45) is 0 Å². The van der Waals surface area contributed by atoms with E-state index in [0.29, 0.717) is 5.41 Å². The lowest BCUT2D eigenvalue weighted by Crippen LogP contribution is -2.15. The summed E-state index contributed by atoms with van der Waals surface area (Å²) < 4.78 is 0. The predicted molar refractivity (Wildman–Crippen MR) is 63.8 cm³/mol. The third kappa shape index (κ3) is 2.60. The van der Waals surface area contributed by atoms with Gasteiger partial charge in [-0.2, -0.15) is 0 Å². The van der Waals surface area contributed by atoms with Gasteiger partial charge < -0.3 is 0 Å². The molecule has 0 nitrogen and oxygen atoms in total. The average molecular weight is 190 g/mol. The fraction of sp³-hybridized carbons (Fsp3) is 0.571. The van der Waals surface area contributed by atoms with Crippen molar-refractivity contribution in [1.82, 2.24) is 0 Å². The largest absolute Gasteiger partial charge is 0.0651 e. The first-order valence-electron chi connectivity index (χ1n) is 5.69. The minimum absolute atomic E-state index is 0.323. The van der Waals surface area contributed by atoms with E-state index in [9.17, 15) is 0 Å². The van der Waals surface area contributed by atoms with Gasteiger partial charge >= 0.3 is 0 Å². The molecule has 0 fully saturated rings. The molecule has 0 saturated heterocycles. The van der Waals surface area contributed by atoms with Crippen LogP contribution in [0.4, 0.5) is 0 Å². The highest BCUT2D eigenvalue weighted by atomic mass is 14.2. The summed E-state index contributed by atoms with van der Waals surface area (Å²) in [7, 11) is 0. The molecule has 1 aromatic carbocycles. The van der Waals surface area contributed by atoms with Crippen molar-refractivity contribution in [1.29, 1.82) is 0 Å². The lowest BCUT2D eigenvalue weighted by molar-refractivity contribution is 0.505. The highest BCUT2D eigenvalue weighted by molar-refractivity contribution is 5.29. The van der Waals surface area contributed by atoms with Gasteiger partial charge in [0.15, 0.2) is 0 Å². The molecule has 14 heavy (non-hydrogen) atoms. The van der Waals surface area contributed by atoms with E-state index in [4.69, 9.17) is 0 Å². The lowest BCUT2D eigenvalue weighted by atomic mass is 9.81.